The Hall–Kier alpha value is -3.56. The van der Waals surface area contributed by atoms with Crippen LogP contribution in [0, 0.1) is 11.3 Å². The molecule has 1 amide bonds. The maximum atomic E-state index is 12.7. The molecule has 154 valence electrons. The third-order valence-electron chi connectivity index (χ3n) is 5.54. The number of pyridine rings is 2. The van der Waals surface area contributed by atoms with E-state index in [4.69, 9.17) is 16.9 Å². The molecule has 1 N–H and O–H groups in total. The molecule has 0 saturated heterocycles. The highest BCUT2D eigenvalue weighted by Crippen LogP contribution is 2.40. The molecule has 1 fully saturated rings. The standard InChI is InChI=1S/C24H19ClN4O2/c25-22-8-6-19(15-28-22)23(31)29-24(9-2-10-24)21-7-5-17(14-27-21)12-20(30)18-4-1-3-16(11-18)13-26/h1,3-8,11,14-15H,2,9-10,12H2,(H,29,31). The molecule has 2 heterocycles. The van der Waals surface area contributed by atoms with Crippen LogP contribution in [0.15, 0.2) is 60.9 Å². The number of ketones is 1. The Labute approximate surface area is 184 Å². The van der Waals surface area contributed by atoms with Crippen LogP contribution in [-0.2, 0) is 12.0 Å². The second-order valence-electron chi connectivity index (χ2n) is 7.60. The van der Waals surface area contributed by atoms with Gasteiger partial charge in [0.25, 0.3) is 5.91 Å². The molecule has 2 aromatic heterocycles. The van der Waals surface area contributed by atoms with Crippen LogP contribution in [0.2, 0.25) is 5.15 Å². The average Bonchev–Trinajstić information content (AvgIpc) is 2.77. The van der Waals surface area contributed by atoms with E-state index in [2.05, 4.69) is 15.3 Å². The zero-order valence-electron chi connectivity index (χ0n) is 16.6. The van der Waals surface area contributed by atoms with Crippen LogP contribution in [0.25, 0.3) is 0 Å². The summed E-state index contributed by atoms with van der Waals surface area (Å²) in [5.74, 6) is -0.296. The van der Waals surface area contributed by atoms with Crippen molar-refractivity contribution in [3.05, 3.63) is 94.0 Å². The smallest absolute Gasteiger partial charge is 0.253 e. The molecular formula is C24H19ClN4O2. The number of benzene rings is 1. The highest BCUT2D eigenvalue weighted by Gasteiger charge is 2.41. The number of hydrogen-bond donors (Lipinski definition) is 1. The third kappa shape index (κ3) is 4.47. The van der Waals surface area contributed by atoms with Crippen LogP contribution >= 0.6 is 11.6 Å². The molecule has 0 bridgehead atoms. The first kappa shape index (κ1) is 20.7. The number of Topliss-reactive ketones (excluding diaryl/α,β-unsaturated/α-hetero) is 1. The van der Waals surface area contributed by atoms with Crippen molar-refractivity contribution in [3.8, 4) is 6.07 Å². The summed E-state index contributed by atoms with van der Waals surface area (Å²) in [5.41, 5.74) is 2.44. The van der Waals surface area contributed by atoms with Crippen molar-refractivity contribution in [2.45, 2.75) is 31.2 Å². The van der Waals surface area contributed by atoms with E-state index >= 15 is 0 Å². The van der Waals surface area contributed by atoms with Gasteiger partial charge in [-0.25, -0.2) is 4.98 Å². The number of hydrogen-bond acceptors (Lipinski definition) is 5. The highest BCUT2D eigenvalue weighted by atomic mass is 35.5. The van der Waals surface area contributed by atoms with Crippen LogP contribution < -0.4 is 5.32 Å². The predicted octanol–water partition coefficient (Wildman–Crippen LogP) is 4.24. The molecule has 1 aliphatic rings. The fourth-order valence-corrected chi connectivity index (χ4v) is 3.75. The van der Waals surface area contributed by atoms with E-state index in [0.717, 1.165) is 30.5 Å². The SMILES string of the molecule is N#Cc1cccc(C(=O)Cc2ccc(C3(NC(=O)c4ccc(Cl)nc4)CCC3)nc2)c1. The molecule has 1 aliphatic carbocycles. The summed E-state index contributed by atoms with van der Waals surface area (Å²) in [5, 5.41) is 12.4. The minimum absolute atomic E-state index is 0.0754. The monoisotopic (exact) mass is 430 g/mol. The zero-order valence-corrected chi connectivity index (χ0v) is 17.4. The maximum absolute atomic E-state index is 12.7. The molecule has 31 heavy (non-hydrogen) atoms. The normalized spacial score (nSPS) is 14.2. The van der Waals surface area contributed by atoms with Crippen molar-refractivity contribution in [3.63, 3.8) is 0 Å². The van der Waals surface area contributed by atoms with Crippen molar-refractivity contribution in [1.82, 2.24) is 15.3 Å². The van der Waals surface area contributed by atoms with Gasteiger partial charge in [-0.15, -0.1) is 0 Å². The summed E-state index contributed by atoms with van der Waals surface area (Å²) < 4.78 is 0. The Bertz CT molecular complexity index is 1160. The molecule has 6 nitrogen and oxygen atoms in total. The summed E-state index contributed by atoms with van der Waals surface area (Å²) in [6.45, 7) is 0. The number of carbonyl (C=O) groups excluding carboxylic acids is 2. The van der Waals surface area contributed by atoms with Crippen LogP contribution in [0.4, 0.5) is 0 Å². The number of nitrogens with zero attached hydrogens (tertiary/aromatic N) is 3. The summed E-state index contributed by atoms with van der Waals surface area (Å²) in [4.78, 5) is 33.7. The van der Waals surface area contributed by atoms with Gasteiger partial charge in [-0.3, -0.25) is 14.6 Å². The lowest BCUT2D eigenvalue weighted by atomic mass is 9.73. The predicted molar refractivity (Wildman–Crippen MR) is 116 cm³/mol. The van der Waals surface area contributed by atoms with Crippen molar-refractivity contribution in [2.24, 2.45) is 0 Å². The van der Waals surface area contributed by atoms with Crippen molar-refractivity contribution in [2.75, 3.05) is 0 Å². The van der Waals surface area contributed by atoms with Gasteiger partial charge in [0.05, 0.1) is 28.4 Å². The molecular weight excluding hydrogens is 412 g/mol. The maximum Gasteiger partial charge on any atom is 0.253 e. The third-order valence-corrected chi connectivity index (χ3v) is 5.77. The van der Waals surface area contributed by atoms with Crippen LogP contribution in [0.3, 0.4) is 0 Å². The van der Waals surface area contributed by atoms with E-state index in [1.807, 2.05) is 18.2 Å². The lowest BCUT2D eigenvalue weighted by Crippen LogP contribution is -2.51. The second-order valence-corrected chi connectivity index (χ2v) is 7.99. The zero-order chi connectivity index (χ0) is 21.8. The van der Waals surface area contributed by atoms with Gasteiger partial charge < -0.3 is 5.32 Å². The van der Waals surface area contributed by atoms with Crippen molar-refractivity contribution < 1.29 is 9.59 Å². The van der Waals surface area contributed by atoms with Crippen LogP contribution in [0.1, 0.15) is 56.8 Å². The fraction of sp³-hybridized carbons (Fsp3) is 0.208. The number of aromatic nitrogens is 2. The first-order valence-corrected chi connectivity index (χ1v) is 10.3. The van der Waals surface area contributed by atoms with Gasteiger partial charge in [0, 0.05) is 24.4 Å². The van der Waals surface area contributed by atoms with Crippen LogP contribution in [0.5, 0.6) is 0 Å². The number of amides is 1. The number of nitrogens with one attached hydrogen (secondary N) is 1. The summed E-state index contributed by atoms with van der Waals surface area (Å²) in [6.07, 6.45) is 5.91. The second kappa shape index (κ2) is 8.66. The molecule has 1 aromatic carbocycles. The first-order valence-electron chi connectivity index (χ1n) is 9.92. The Morgan fingerprint density at radius 3 is 2.52 bits per heavy atom. The molecule has 7 heteroatoms. The number of halogens is 1. The Morgan fingerprint density at radius 1 is 1.06 bits per heavy atom. The lowest BCUT2D eigenvalue weighted by molar-refractivity contribution is 0.0816. The molecule has 1 saturated carbocycles. The van der Waals surface area contributed by atoms with E-state index in [9.17, 15) is 9.59 Å². The van der Waals surface area contributed by atoms with Crippen molar-refractivity contribution in [1.29, 1.82) is 5.26 Å². The lowest BCUT2D eigenvalue weighted by Gasteiger charge is -2.42. The highest BCUT2D eigenvalue weighted by molar-refractivity contribution is 6.29. The summed E-state index contributed by atoms with van der Waals surface area (Å²) in [6, 6.07) is 15.7. The Morgan fingerprint density at radius 2 is 1.90 bits per heavy atom. The molecule has 0 radical (unpaired) electrons. The van der Waals surface area contributed by atoms with Gasteiger partial charge in [0.15, 0.2) is 5.78 Å². The first-order chi connectivity index (χ1) is 15.0. The van der Waals surface area contributed by atoms with E-state index in [1.165, 1.54) is 6.20 Å². The molecule has 0 unspecified atom stereocenters. The molecule has 4 rings (SSSR count). The van der Waals surface area contributed by atoms with Gasteiger partial charge in [-0.1, -0.05) is 29.8 Å². The van der Waals surface area contributed by atoms with E-state index in [1.54, 1.807) is 42.6 Å². The minimum atomic E-state index is -0.514. The van der Waals surface area contributed by atoms with Gasteiger partial charge in [-0.05, 0) is 55.2 Å². The van der Waals surface area contributed by atoms with E-state index in [0.29, 0.717) is 21.8 Å². The number of carbonyl (C=O) groups is 2. The minimum Gasteiger partial charge on any atom is -0.341 e. The number of rotatable bonds is 6. The summed E-state index contributed by atoms with van der Waals surface area (Å²) in [7, 11) is 0. The quantitative estimate of drug-likeness (QED) is 0.466. The topological polar surface area (TPSA) is 95.7 Å². The average molecular weight is 431 g/mol. The van der Waals surface area contributed by atoms with E-state index < -0.39 is 5.54 Å². The molecule has 0 spiro atoms. The molecule has 0 aliphatic heterocycles. The van der Waals surface area contributed by atoms with Crippen LogP contribution in [-0.4, -0.2) is 21.7 Å². The van der Waals surface area contributed by atoms with Gasteiger partial charge >= 0.3 is 0 Å². The summed E-state index contributed by atoms with van der Waals surface area (Å²) >= 11 is 5.80. The Balaban J connectivity index is 1.47. The van der Waals surface area contributed by atoms with Gasteiger partial charge in [0.2, 0.25) is 0 Å². The molecule has 0 atom stereocenters. The van der Waals surface area contributed by atoms with Crippen molar-refractivity contribution >= 4 is 23.3 Å². The Kier molecular flexibility index (Phi) is 5.79. The fourth-order valence-electron chi connectivity index (χ4n) is 3.64. The van der Waals surface area contributed by atoms with Gasteiger partial charge in [0.1, 0.15) is 5.15 Å². The number of nitriles is 1. The molecule has 3 aromatic rings. The van der Waals surface area contributed by atoms with E-state index in [-0.39, 0.29) is 18.1 Å². The largest absolute Gasteiger partial charge is 0.341 e. The van der Waals surface area contributed by atoms with Gasteiger partial charge in [-0.2, -0.15) is 5.26 Å².